The maximum Gasteiger partial charge on any atom is 0.194 e. The van der Waals surface area contributed by atoms with Crippen molar-refractivity contribution in [3.63, 3.8) is 0 Å². The topological polar surface area (TPSA) is 36.9 Å². The molecule has 1 heterocycles. The molecule has 1 aromatic rings. The van der Waals surface area contributed by atoms with Crippen LogP contribution in [-0.2, 0) is 17.9 Å². The molecule has 1 aromatic carbocycles. The summed E-state index contributed by atoms with van der Waals surface area (Å²) in [5.74, 6) is 0.992. The molecular weight excluding hydrogens is 341 g/mol. The summed E-state index contributed by atoms with van der Waals surface area (Å²) in [5.41, 5.74) is 2.46. The predicted octanol–water partition coefficient (Wildman–Crippen LogP) is 1.84. The Morgan fingerprint density at radius 1 is 1.28 bits per heavy atom. The second kappa shape index (κ2) is 7.58. The monoisotopic (exact) mass is 361 g/mol. The van der Waals surface area contributed by atoms with Crippen LogP contribution in [0, 0.1) is 0 Å². The Bertz CT molecular complexity index is 392. The van der Waals surface area contributed by atoms with Gasteiger partial charge in [-0.05, 0) is 11.1 Å². The predicted molar refractivity (Wildman–Crippen MR) is 84.3 cm³/mol. The van der Waals surface area contributed by atoms with E-state index < -0.39 is 0 Å². The van der Waals surface area contributed by atoms with Crippen molar-refractivity contribution in [2.75, 3.05) is 27.2 Å². The van der Waals surface area contributed by atoms with Gasteiger partial charge in [0, 0.05) is 27.2 Å². The van der Waals surface area contributed by atoms with E-state index in [0.717, 1.165) is 25.6 Å². The summed E-state index contributed by atoms with van der Waals surface area (Å²) in [4.78, 5) is 6.53. The van der Waals surface area contributed by atoms with Gasteiger partial charge in [-0.3, -0.25) is 4.99 Å². The van der Waals surface area contributed by atoms with Crippen LogP contribution < -0.4 is 5.32 Å². The molecule has 0 aromatic heterocycles. The number of hydrogen-bond acceptors (Lipinski definition) is 4. The number of nitrogens with one attached hydrogen (secondary N) is 1. The highest BCUT2D eigenvalue weighted by Crippen LogP contribution is 2.06. The Labute approximate surface area is 125 Å². The Balaban J connectivity index is 0.00000162. The van der Waals surface area contributed by atoms with Gasteiger partial charge in [0.1, 0.15) is 0 Å². The molecule has 0 saturated heterocycles. The van der Waals surface area contributed by atoms with E-state index in [1.807, 2.05) is 0 Å². The van der Waals surface area contributed by atoms with Crippen molar-refractivity contribution in [1.29, 1.82) is 0 Å². The number of likely N-dealkylation sites (N-methyl/N-ethyl adjacent to an activating group) is 1. The standard InChI is InChI=1S/C13H19N3O.HI/c1-16-8-7-14-13(16)15-9-11-3-5-12(6-4-11)10-17-2;/h3-6H,7-10H2,1-2H3,(H,14,15);1H. The van der Waals surface area contributed by atoms with Crippen molar-refractivity contribution in [2.45, 2.75) is 13.2 Å². The summed E-state index contributed by atoms with van der Waals surface area (Å²) in [5, 5.41) is 3.34. The molecule has 0 bridgehead atoms. The molecule has 0 aliphatic carbocycles. The van der Waals surface area contributed by atoms with Gasteiger partial charge < -0.3 is 15.0 Å². The maximum absolute atomic E-state index is 5.08. The normalized spacial score (nSPS) is 14.1. The summed E-state index contributed by atoms with van der Waals surface area (Å²) in [6, 6.07) is 8.44. The van der Waals surface area contributed by atoms with E-state index in [2.05, 4.69) is 46.5 Å². The lowest BCUT2D eigenvalue weighted by molar-refractivity contribution is 0.185. The Morgan fingerprint density at radius 2 is 1.94 bits per heavy atom. The lowest BCUT2D eigenvalue weighted by atomic mass is 10.1. The van der Waals surface area contributed by atoms with Gasteiger partial charge >= 0.3 is 0 Å². The average Bonchev–Trinajstić information content (AvgIpc) is 2.75. The third-order valence-electron chi connectivity index (χ3n) is 2.84. The molecule has 0 radical (unpaired) electrons. The largest absolute Gasteiger partial charge is 0.380 e. The number of aliphatic imine (C=N–C) groups is 1. The number of rotatable bonds is 4. The summed E-state index contributed by atoms with van der Waals surface area (Å²) in [7, 11) is 3.77. The van der Waals surface area contributed by atoms with Gasteiger partial charge in [0.2, 0.25) is 0 Å². The SMILES string of the molecule is COCc1ccc(CNC2=NCCN2C)cc1.I. The summed E-state index contributed by atoms with van der Waals surface area (Å²) in [6.07, 6.45) is 0. The van der Waals surface area contributed by atoms with Crippen molar-refractivity contribution in [2.24, 2.45) is 4.99 Å². The second-order valence-corrected chi connectivity index (χ2v) is 4.23. The number of benzene rings is 1. The number of nitrogens with zero attached hydrogens (tertiary/aromatic N) is 2. The number of guanidine groups is 1. The zero-order chi connectivity index (χ0) is 12.1. The Hall–Kier alpha value is -0.820. The first-order valence-corrected chi connectivity index (χ1v) is 5.86. The van der Waals surface area contributed by atoms with Crippen LogP contribution >= 0.6 is 24.0 Å². The Kier molecular flexibility index (Phi) is 6.42. The van der Waals surface area contributed by atoms with Crippen molar-refractivity contribution in [3.8, 4) is 0 Å². The molecular formula is C13H20IN3O. The molecule has 1 aliphatic rings. The minimum Gasteiger partial charge on any atom is -0.380 e. The fourth-order valence-electron chi connectivity index (χ4n) is 1.82. The van der Waals surface area contributed by atoms with E-state index >= 15 is 0 Å². The van der Waals surface area contributed by atoms with Gasteiger partial charge in [-0.25, -0.2) is 0 Å². The molecule has 4 nitrogen and oxygen atoms in total. The third-order valence-corrected chi connectivity index (χ3v) is 2.84. The number of hydrogen-bond donors (Lipinski definition) is 1. The number of methoxy groups -OCH3 is 1. The molecule has 0 unspecified atom stereocenters. The van der Waals surface area contributed by atoms with E-state index in [1.165, 1.54) is 11.1 Å². The zero-order valence-electron chi connectivity index (χ0n) is 10.8. The number of ether oxygens (including phenoxy) is 1. The van der Waals surface area contributed by atoms with E-state index in [1.54, 1.807) is 7.11 Å². The van der Waals surface area contributed by atoms with Gasteiger partial charge in [-0.15, -0.1) is 24.0 Å². The van der Waals surface area contributed by atoms with E-state index in [4.69, 9.17) is 4.74 Å². The van der Waals surface area contributed by atoms with E-state index in [9.17, 15) is 0 Å². The minimum atomic E-state index is 0. The van der Waals surface area contributed by atoms with Crippen LogP contribution in [0.2, 0.25) is 0 Å². The molecule has 1 aliphatic heterocycles. The van der Waals surface area contributed by atoms with Crippen LogP contribution in [0.25, 0.3) is 0 Å². The van der Waals surface area contributed by atoms with Gasteiger partial charge in [0.25, 0.3) is 0 Å². The molecule has 0 spiro atoms. The highest BCUT2D eigenvalue weighted by atomic mass is 127. The van der Waals surface area contributed by atoms with Gasteiger partial charge in [0.15, 0.2) is 5.96 Å². The van der Waals surface area contributed by atoms with Crippen LogP contribution in [-0.4, -0.2) is 38.1 Å². The summed E-state index contributed by atoms with van der Waals surface area (Å²) >= 11 is 0. The van der Waals surface area contributed by atoms with Crippen LogP contribution in [0.3, 0.4) is 0 Å². The first kappa shape index (κ1) is 15.2. The maximum atomic E-state index is 5.08. The first-order chi connectivity index (χ1) is 8.29. The minimum absolute atomic E-state index is 0. The quantitative estimate of drug-likeness (QED) is 0.832. The molecule has 0 atom stereocenters. The zero-order valence-corrected chi connectivity index (χ0v) is 13.2. The highest BCUT2D eigenvalue weighted by Gasteiger charge is 2.10. The third kappa shape index (κ3) is 4.13. The average molecular weight is 361 g/mol. The molecule has 0 amide bonds. The molecule has 5 heteroatoms. The molecule has 1 N–H and O–H groups in total. The van der Waals surface area contributed by atoms with E-state index in [0.29, 0.717) is 6.61 Å². The summed E-state index contributed by atoms with van der Waals surface area (Å²) in [6.45, 7) is 3.39. The second-order valence-electron chi connectivity index (χ2n) is 4.23. The molecule has 0 fully saturated rings. The van der Waals surface area contributed by atoms with Crippen molar-refractivity contribution in [3.05, 3.63) is 35.4 Å². The lowest BCUT2D eigenvalue weighted by Gasteiger charge is -2.15. The van der Waals surface area contributed by atoms with Crippen LogP contribution in [0.5, 0.6) is 0 Å². The van der Waals surface area contributed by atoms with Crippen LogP contribution in [0.15, 0.2) is 29.3 Å². The number of halogens is 1. The van der Waals surface area contributed by atoms with Crippen LogP contribution in [0.1, 0.15) is 11.1 Å². The highest BCUT2D eigenvalue weighted by molar-refractivity contribution is 14.0. The van der Waals surface area contributed by atoms with Gasteiger partial charge in [0.05, 0.1) is 13.2 Å². The van der Waals surface area contributed by atoms with Crippen LogP contribution in [0.4, 0.5) is 0 Å². The van der Waals surface area contributed by atoms with Crippen molar-refractivity contribution >= 4 is 29.9 Å². The van der Waals surface area contributed by atoms with Crippen molar-refractivity contribution in [1.82, 2.24) is 10.2 Å². The molecule has 0 saturated carbocycles. The molecule has 18 heavy (non-hydrogen) atoms. The van der Waals surface area contributed by atoms with Crippen molar-refractivity contribution < 1.29 is 4.74 Å². The fraction of sp³-hybridized carbons (Fsp3) is 0.462. The summed E-state index contributed by atoms with van der Waals surface area (Å²) < 4.78 is 5.08. The van der Waals surface area contributed by atoms with Gasteiger partial charge in [-0.1, -0.05) is 24.3 Å². The molecule has 2 rings (SSSR count). The lowest BCUT2D eigenvalue weighted by Crippen LogP contribution is -2.35. The fourth-order valence-corrected chi connectivity index (χ4v) is 1.82. The molecule has 100 valence electrons. The van der Waals surface area contributed by atoms with Gasteiger partial charge in [-0.2, -0.15) is 0 Å². The smallest absolute Gasteiger partial charge is 0.194 e. The van der Waals surface area contributed by atoms with E-state index in [-0.39, 0.29) is 24.0 Å². The Morgan fingerprint density at radius 3 is 2.50 bits per heavy atom. The first-order valence-electron chi connectivity index (χ1n) is 5.86.